The molecule has 1 atom stereocenters. The molecule has 0 aliphatic rings. The van der Waals surface area contributed by atoms with Gasteiger partial charge in [-0.3, -0.25) is 9.78 Å². The molecule has 0 saturated carbocycles. The fourth-order valence-electron chi connectivity index (χ4n) is 2.09. The summed E-state index contributed by atoms with van der Waals surface area (Å²) in [5.74, 6) is -0.994. The van der Waals surface area contributed by atoms with Crippen LogP contribution in [0.3, 0.4) is 0 Å². The van der Waals surface area contributed by atoms with E-state index in [1.165, 1.54) is 12.3 Å². The first-order chi connectivity index (χ1) is 10.6. The third kappa shape index (κ3) is 2.96. The molecule has 2 heterocycles. The van der Waals surface area contributed by atoms with Gasteiger partial charge in [0.1, 0.15) is 0 Å². The van der Waals surface area contributed by atoms with E-state index < -0.39 is 11.7 Å². The van der Waals surface area contributed by atoms with E-state index >= 15 is 0 Å². The third-order valence-corrected chi connectivity index (χ3v) is 4.59. The molecule has 4 nitrogen and oxygen atoms in total. The number of para-hydroxylation sites is 1. The van der Waals surface area contributed by atoms with Crippen molar-refractivity contribution in [2.45, 2.75) is 12.8 Å². The molecule has 3 aromatic rings. The van der Waals surface area contributed by atoms with Crippen molar-refractivity contribution in [3.05, 3.63) is 59.1 Å². The summed E-state index contributed by atoms with van der Waals surface area (Å²) >= 11 is 1.61. The van der Waals surface area contributed by atoms with E-state index in [-0.39, 0.29) is 11.5 Å². The Hall–Kier alpha value is -2.34. The molecule has 0 radical (unpaired) electrons. The number of aromatic nitrogens is 2. The second kappa shape index (κ2) is 6.19. The van der Waals surface area contributed by atoms with E-state index in [0.717, 1.165) is 21.4 Å². The monoisotopic (exact) mass is 315 g/mol. The molecular weight excluding hydrogens is 301 g/mol. The summed E-state index contributed by atoms with van der Waals surface area (Å²) in [5.41, 5.74) is 0.965. The van der Waals surface area contributed by atoms with Crippen molar-refractivity contribution in [3.8, 4) is 0 Å². The molecule has 112 valence electrons. The molecule has 0 spiro atoms. The summed E-state index contributed by atoms with van der Waals surface area (Å²) in [6, 6.07) is 9.28. The van der Waals surface area contributed by atoms with Crippen LogP contribution in [0, 0.1) is 5.82 Å². The standard InChI is InChI=1S/C16H14FN3OS/c1-10(16-20-13-4-2-3-5-14(13)22-16)8-19-15(21)11-6-7-18-9-12(11)17/h2-7,9-10H,8H2,1H3,(H,19,21)/t10-/m0/s1. The molecular formula is C16H14FN3OS. The fraction of sp³-hybridized carbons (Fsp3) is 0.188. The molecule has 1 amide bonds. The van der Waals surface area contributed by atoms with Gasteiger partial charge in [-0.15, -0.1) is 11.3 Å². The van der Waals surface area contributed by atoms with Crippen molar-refractivity contribution >= 4 is 27.5 Å². The molecule has 1 N–H and O–H groups in total. The molecule has 0 bridgehead atoms. The number of halogens is 1. The van der Waals surface area contributed by atoms with Gasteiger partial charge in [0, 0.05) is 18.7 Å². The molecule has 22 heavy (non-hydrogen) atoms. The van der Waals surface area contributed by atoms with Crippen LogP contribution in [0.25, 0.3) is 10.2 Å². The fourth-order valence-corrected chi connectivity index (χ4v) is 3.11. The van der Waals surface area contributed by atoms with Crippen LogP contribution in [0.15, 0.2) is 42.7 Å². The van der Waals surface area contributed by atoms with Gasteiger partial charge >= 0.3 is 0 Å². The van der Waals surface area contributed by atoms with E-state index in [2.05, 4.69) is 15.3 Å². The van der Waals surface area contributed by atoms with Crippen molar-refractivity contribution in [1.82, 2.24) is 15.3 Å². The van der Waals surface area contributed by atoms with E-state index in [4.69, 9.17) is 0 Å². The first kappa shape index (κ1) is 14.6. The van der Waals surface area contributed by atoms with E-state index in [1.54, 1.807) is 11.3 Å². The number of amides is 1. The van der Waals surface area contributed by atoms with Gasteiger partial charge in [0.15, 0.2) is 5.82 Å². The van der Waals surface area contributed by atoms with Gasteiger partial charge in [-0.2, -0.15) is 0 Å². The topological polar surface area (TPSA) is 54.9 Å². The van der Waals surface area contributed by atoms with Crippen LogP contribution in [0.4, 0.5) is 4.39 Å². The number of rotatable bonds is 4. The second-order valence-corrected chi connectivity index (χ2v) is 6.05. The van der Waals surface area contributed by atoms with Crippen molar-refractivity contribution < 1.29 is 9.18 Å². The lowest BCUT2D eigenvalue weighted by Gasteiger charge is -2.10. The second-order valence-electron chi connectivity index (χ2n) is 4.99. The Kier molecular flexibility index (Phi) is 4.11. The summed E-state index contributed by atoms with van der Waals surface area (Å²) < 4.78 is 14.6. The molecule has 1 aromatic carbocycles. The molecule has 6 heteroatoms. The van der Waals surface area contributed by atoms with Crippen LogP contribution in [-0.4, -0.2) is 22.4 Å². The average Bonchev–Trinajstić information content (AvgIpc) is 2.97. The number of pyridine rings is 1. The zero-order valence-electron chi connectivity index (χ0n) is 11.9. The van der Waals surface area contributed by atoms with Gasteiger partial charge in [0.05, 0.1) is 27.0 Å². The van der Waals surface area contributed by atoms with Crippen molar-refractivity contribution in [2.24, 2.45) is 0 Å². The van der Waals surface area contributed by atoms with Crippen LogP contribution >= 0.6 is 11.3 Å². The largest absolute Gasteiger partial charge is 0.351 e. The molecule has 0 aliphatic heterocycles. The summed E-state index contributed by atoms with van der Waals surface area (Å²) in [4.78, 5) is 20.2. The van der Waals surface area contributed by atoms with Gasteiger partial charge in [-0.1, -0.05) is 19.1 Å². The number of benzene rings is 1. The molecule has 0 saturated heterocycles. The summed E-state index contributed by atoms with van der Waals surface area (Å²) in [7, 11) is 0. The molecule has 2 aromatic heterocycles. The van der Waals surface area contributed by atoms with Crippen LogP contribution in [0.2, 0.25) is 0 Å². The van der Waals surface area contributed by atoms with Crippen LogP contribution in [0.1, 0.15) is 28.2 Å². The summed E-state index contributed by atoms with van der Waals surface area (Å²) in [6.07, 6.45) is 2.43. The van der Waals surface area contributed by atoms with Gasteiger partial charge in [0.25, 0.3) is 5.91 Å². The number of hydrogen-bond acceptors (Lipinski definition) is 4. The SMILES string of the molecule is C[C@@H](CNC(=O)c1ccncc1F)c1nc2ccccc2s1. The van der Waals surface area contributed by atoms with Gasteiger partial charge < -0.3 is 5.32 Å². The van der Waals surface area contributed by atoms with Crippen LogP contribution < -0.4 is 5.32 Å². The minimum Gasteiger partial charge on any atom is -0.351 e. The van der Waals surface area contributed by atoms with Crippen molar-refractivity contribution in [2.75, 3.05) is 6.54 Å². The van der Waals surface area contributed by atoms with Crippen molar-refractivity contribution in [1.29, 1.82) is 0 Å². The first-order valence-corrected chi connectivity index (χ1v) is 7.70. The highest BCUT2D eigenvalue weighted by Crippen LogP contribution is 2.26. The predicted octanol–water partition coefficient (Wildman–Crippen LogP) is 3.36. The van der Waals surface area contributed by atoms with Gasteiger partial charge in [-0.25, -0.2) is 9.37 Å². The highest BCUT2D eigenvalue weighted by Gasteiger charge is 2.15. The Labute approximate surface area is 131 Å². The Morgan fingerprint density at radius 2 is 2.18 bits per heavy atom. The highest BCUT2D eigenvalue weighted by atomic mass is 32.1. The van der Waals surface area contributed by atoms with Crippen LogP contribution in [-0.2, 0) is 0 Å². The van der Waals surface area contributed by atoms with E-state index in [9.17, 15) is 9.18 Å². The maximum Gasteiger partial charge on any atom is 0.254 e. The summed E-state index contributed by atoms with van der Waals surface area (Å²) in [6.45, 7) is 2.39. The average molecular weight is 315 g/mol. The Morgan fingerprint density at radius 3 is 2.95 bits per heavy atom. The van der Waals surface area contributed by atoms with E-state index in [1.807, 2.05) is 31.2 Å². The lowest BCUT2D eigenvalue weighted by atomic mass is 10.2. The predicted molar refractivity (Wildman–Crippen MR) is 84.6 cm³/mol. The van der Waals surface area contributed by atoms with Gasteiger partial charge in [-0.05, 0) is 18.2 Å². The molecule has 0 aliphatic carbocycles. The maximum absolute atomic E-state index is 13.5. The lowest BCUT2D eigenvalue weighted by Crippen LogP contribution is -2.28. The van der Waals surface area contributed by atoms with Crippen LogP contribution in [0.5, 0.6) is 0 Å². The first-order valence-electron chi connectivity index (χ1n) is 6.88. The Morgan fingerprint density at radius 1 is 1.36 bits per heavy atom. The lowest BCUT2D eigenvalue weighted by molar-refractivity contribution is 0.0947. The smallest absolute Gasteiger partial charge is 0.254 e. The number of nitrogens with zero attached hydrogens (tertiary/aromatic N) is 2. The minimum atomic E-state index is -0.618. The minimum absolute atomic E-state index is 0.00602. The highest BCUT2D eigenvalue weighted by molar-refractivity contribution is 7.18. The quantitative estimate of drug-likeness (QED) is 0.803. The van der Waals surface area contributed by atoms with Gasteiger partial charge in [0.2, 0.25) is 0 Å². The normalized spacial score (nSPS) is 12.3. The van der Waals surface area contributed by atoms with Crippen molar-refractivity contribution in [3.63, 3.8) is 0 Å². The number of thiazole rings is 1. The molecule has 0 unspecified atom stereocenters. The third-order valence-electron chi connectivity index (χ3n) is 3.32. The number of carbonyl (C=O) groups is 1. The zero-order chi connectivity index (χ0) is 15.5. The molecule has 3 rings (SSSR count). The number of fused-ring (bicyclic) bond motifs is 1. The Bertz CT molecular complexity index is 785. The number of carbonyl (C=O) groups excluding carboxylic acids is 1. The number of hydrogen-bond donors (Lipinski definition) is 1. The summed E-state index contributed by atoms with van der Waals surface area (Å²) in [5, 5.41) is 3.70. The zero-order valence-corrected chi connectivity index (χ0v) is 12.7. The maximum atomic E-state index is 13.5. The Balaban J connectivity index is 1.68. The van der Waals surface area contributed by atoms with E-state index in [0.29, 0.717) is 6.54 Å². The molecule has 0 fully saturated rings. The number of nitrogens with one attached hydrogen (secondary N) is 1.